The normalized spacial score (nSPS) is 57.7. The van der Waals surface area contributed by atoms with Crippen LogP contribution >= 0.6 is 0 Å². The average Bonchev–Trinajstić information content (AvgIpc) is 2.70. The van der Waals surface area contributed by atoms with Gasteiger partial charge < -0.3 is 15.3 Å². The highest BCUT2D eigenvalue weighted by Crippen LogP contribution is 2.72. The first kappa shape index (κ1) is 16.4. The zero-order chi connectivity index (χ0) is 16.7. The molecule has 132 valence electrons. The number of rotatable bonds is 1. The minimum absolute atomic E-state index is 0.00263. The van der Waals surface area contributed by atoms with Crippen LogP contribution in [0.2, 0.25) is 0 Å². The molecule has 0 radical (unpaired) electrons. The molecule has 7 atom stereocenters. The van der Waals surface area contributed by atoms with Crippen LogP contribution in [-0.2, 0) is 0 Å². The molecule has 0 amide bonds. The Morgan fingerprint density at radius 2 is 1.70 bits per heavy atom. The van der Waals surface area contributed by atoms with E-state index in [1.807, 2.05) is 0 Å². The summed E-state index contributed by atoms with van der Waals surface area (Å²) >= 11 is 0. The topological polar surface area (TPSA) is 60.7 Å². The quantitative estimate of drug-likeness (QED) is 0.695. The fourth-order valence-electron chi connectivity index (χ4n) is 8.02. The van der Waals surface area contributed by atoms with Gasteiger partial charge >= 0.3 is 0 Å². The zero-order valence-electron chi connectivity index (χ0n) is 15.0. The van der Waals surface area contributed by atoms with E-state index in [9.17, 15) is 15.3 Å². The van der Waals surface area contributed by atoms with Gasteiger partial charge in [-0.15, -0.1) is 0 Å². The summed E-state index contributed by atoms with van der Waals surface area (Å²) in [6.45, 7) is 6.94. The predicted octanol–water partition coefficient (Wildman–Crippen LogP) is 3.11. The van der Waals surface area contributed by atoms with Crippen LogP contribution in [-0.4, -0.2) is 33.6 Å². The van der Waals surface area contributed by atoms with Crippen molar-refractivity contribution in [2.24, 2.45) is 34.0 Å². The molecule has 23 heavy (non-hydrogen) atoms. The van der Waals surface area contributed by atoms with E-state index in [0.717, 1.165) is 32.1 Å². The Morgan fingerprint density at radius 3 is 2.39 bits per heavy atom. The van der Waals surface area contributed by atoms with Crippen molar-refractivity contribution < 1.29 is 15.3 Å². The van der Waals surface area contributed by atoms with Gasteiger partial charge in [0.2, 0.25) is 0 Å². The molecule has 4 saturated carbocycles. The van der Waals surface area contributed by atoms with Gasteiger partial charge in [-0.05, 0) is 85.4 Å². The fourth-order valence-corrected chi connectivity index (χ4v) is 8.02. The molecule has 4 aliphatic carbocycles. The lowest BCUT2D eigenvalue weighted by Gasteiger charge is -2.64. The zero-order valence-corrected chi connectivity index (χ0v) is 15.0. The lowest BCUT2D eigenvalue weighted by atomic mass is 9.41. The summed E-state index contributed by atoms with van der Waals surface area (Å²) in [5.74, 6) is 1.53. The van der Waals surface area contributed by atoms with Crippen molar-refractivity contribution in [3.8, 4) is 0 Å². The number of aliphatic hydroxyl groups is 3. The maximum Gasteiger partial charge on any atom is 0.0910 e. The summed E-state index contributed by atoms with van der Waals surface area (Å²) in [6, 6.07) is 0. The first-order valence-corrected chi connectivity index (χ1v) is 9.69. The van der Waals surface area contributed by atoms with Gasteiger partial charge in [0, 0.05) is 0 Å². The SMILES string of the molecule is CC1(C)[C@H](O)CC[C@@]2(C)[C@H]1CC[C@@]13C[C@@H](CC[C@@H]12)[C@@](O)(CO)C3. The molecule has 0 saturated heterocycles. The molecule has 4 rings (SSSR count). The Morgan fingerprint density at radius 1 is 0.957 bits per heavy atom. The van der Waals surface area contributed by atoms with Crippen LogP contribution in [0.5, 0.6) is 0 Å². The summed E-state index contributed by atoms with van der Waals surface area (Å²) < 4.78 is 0. The Labute approximate surface area is 140 Å². The molecule has 3 heteroatoms. The Kier molecular flexibility index (Phi) is 3.37. The Bertz CT molecular complexity index is 503. The maximum absolute atomic E-state index is 10.9. The third kappa shape index (κ3) is 1.93. The molecule has 1 spiro atoms. The lowest BCUT2D eigenvalue weighted by Crippen LogP contribution is -2.59. The summed E-state index contributed by atoms with van der Waals surface area (Å²) in [5.41, 5.74) is -0.310. The van der Waals surface area contributed by atoms with Gasteiger partial charge in [-0.1, -0.05) is 20.8 Å². The third-order valence-corrected chi connectivity index (χ3v) is 9.12. The van der Waals surface area contributed by atoms with Crippen LogP contribution < -0.4 is 0 Å². The van der Waals surface area contributed by atoms with E-state index in [2.05, 4.69) is 20.8 Å². The van der Waals surface area contributed by atoms with Gasteiger partial charge in [0.1, 0.15) is 0 Å². The molecule has 0 aromatic heterocycles. The van der Waals surface area contributed by atoms with Crippen LogP contribution in [0.25, 0.3) is 0 Å². The highest BCUT2D eigenvalue weighted by molar-refractivity contribution is 5.17. The number of hydrogen-bond acceptors (Lipinski definition) is 3. The van der Waals surface area contributed by atoms with Crippen molar-refractivity contribution in [1.82, 2.24) is 0 Å². The number of aliphatic hydroxyl groups excluding tert-OH is 2. The Hall–Kier alpha value is -0.120. The maximum atomic E-state index is 10.9. The summed E-state index contributed by atoms with van der Waals surface area (Å²) in [5, 5.41) is 31.3. The number of hydrogen-bond donors (Lipinski definition) is 3. The smallest absolute Gasteiger partial charge is 0.0910 e. The summed E-state index contributed by atoms with van der Waals surface area (Å²) in [6.07, 6.45) is 8.39. The van der Waals surface area contributed by atoms with Crippen LogP contribution in [0.4, 0.5) is 0 Å². The van der Waals surface area contributed by atoms with E-state index in [1.54, 1.807) is 0 Å². The van der Waals surface area contributed by atoms with Gasteiger partial charge in [0.05, 0.1) is 18.3 Å². The second-order valence-corrected chi connectivity index (χ2v) is 10.3. The Balaban J connectivity index is 1.72. The standard InChI is InChI=1S/C20H34O3/c1-17(2)14-6-9-19-10-13(20(23,11-19)12-21)4-5-15(19)18(14,3)8-7-16(17)22/h13-16,21-23H,4-12H2,1-3H3/t13-,14+,15-,16-,18+,19+,20+/m1/s1. The second kappa shape index (κ2) is 4.74. The molecule has 3 nitrogen and oxygen atoms in total. The highest BCUT2D eigenvalue weighted by atomic mass is 16.3. The van der Waals surface area contributed by atoms with Crippen molar-refractivity contribution in [2.75, 3.05) is 6.61 Å². The monoisotopic (exact) mass is 322 g/mol. The number of fused-ring (bicyclic) bond motifs is 3. The molecule has 4 aliphatic rings. The third-order valence-electron chi connectivity index (χ3n) is 9.12. The van der Waals surface area contributed by atoms with E-state index < -0.39 is 5.60 Å². The van der Waals surface area contributed by atoms with Gasteiger partial charge in [-0.2, -0.15) is 0 Å². The molecule has 0 aromatic carbocycles. The van der Waals surface area contributed by atoms with Crippen molar-refractivity contribution in [3.63, 3.8) is 0 Å². The van der Waals surface area contributed by atoms with Crippen molar-refractivity contribution >= 4 is 0 Å². The van der Waals surface area contributed by atoms with E-state index in [-0.39, 0.29) is 29.0 Å². The predicted molar refractivity (Wildman–Crippen MR) is 89.8 cm³/mol. The minimum Gasteiger partial charge on any atom is -0.393 e. The molecular weight excluding hydrogens is 288 g/mol. The van der Waals surface area contributed by atoms with E-state index in [1.165, 1.54) is 19.3 Å². The average molecular weight is 322 g/mol. The molecule has 0 aliphatic heterocycles. The van der Waals surface area contributed by atoms with Gasteiger partial charge in [0.25, 0.3) is 0 Å². The van der Waals surface area contributed by atoms with Crippen LogP contribution in [0.1, 0.15) is 72.1 Å². The summed E-state index contributed by atoms with van der Waals surface area (Å²) in [7, 11) is 0. The van der Waals surface area contributed by atoms with E-state index in [0.29, 0.717) is 17.8 Å². The first-order chi connectivity index (χ1) is 10.7. The van der Waals surface area contributed by atoms with E-state index in [4.69, 9.17) is 0 Å². The van der Waals surface area contributed by atoms with Gasteiger partial charge in [-0.25, -0.2) is 0 Å². The largest absolute Gasteiger partial charge is 0.393 e. The highest BCUT2D eigenvalue weighted by Gasteiger charge is 2.67. The van der Waals surface area contributed by atoms with E-state index >= 15 is 0 Å². The van der Waals surface area contributed by atoms with Gasteiger partial charge in [0.15, 0.2) is 0 Å². The molecular formula is C20H34O3. The molecule has 0 aromatic rings. The van der Waals surface area contributed by atoms with Crippen molar-refractivity contribution in [1.29, 1.82) is 0 Å². The second-order valence-electron chi connectivity index (χ2n) is 10.3. The molecule has 0 heterocycles. The first-order valence-electron chi connectivity index (χ1n) is 9.69. The molecule has 0 unspecified atom stereocenters. The van der Waals surface area contributed by atoms with Crippen LogP contribution in [0, 0.1) is 34.0 Å². The minimum atomic E-state index is -0.832. The van der Waals surface area contributed by atoms with Crippen molar-refractivity contribution in [2.45, 2.75) is 83.8 Å². The molecule has 2 bridgehead atoms. The van der Waals surface area contributed by atoms with Crippen LogP contribution in [0.3, 0.4) is 0 Å². The summed E-state index contributed by atoms with van der Waals surface area (Å²) in [4.78, 5) is 0. The van der Waals surface area contributed by atoms with Gasteiger partial charge in [-0.3, -0.25) is 0 Å². The molecule has 3 N–H and O–H groups in total. The van der Waals surface area contributed by atoms with Crippen molar-refractivity contribution in [3.05, 3.63) is 0 Å². The molecule has 4 fully saturated rings. The fraction of sp³-hybridized carbons (Fsp3) is 1.00. The lowest BCUT2D eigenvalue weighted by molar-refractivity contribution is -0.180. The van der Waals surface area contributed by atoms with Crippen LogP contribution in [0.15, 0.2) is 0 Å².